The summed E-state index contributed by atoms with van der Waals surface area (Å²) < 4.78 is 34.9. The predicted octanol–water partition coefficient (Wildman–Crippen LogP) is 3.71. The number of methoxy groups -OCH3 is 2. The summed E-state index contributed by atoms with van der Waals surface area (Å²) in [6, 6.07) is 7.73. The van der Waals surface area contributed by atoms with Crippen LogP contribution in [0.2, 0.25) is 5.02 Å². The van der Waals surface area contributed by atoms with E-state index in [1.807, 2.05) is 0 Å². The molecule has 25 heavy (non-hydrogen) atoms. The highest BCUT2D eigenvalue weighted by molar-refractivity contribution is 7.94. The third-order valence-corrected chi connectivity index (χ3v) is 4.98. The lowest BCUT2D eigenvalue weighted by Gasteiger charge is -2.10. The maximum absolute atomic E-state index is 12.3. The molecule has 0 aliphatic rings. The number of nitro benzene ring substituents is 1. The quantitative estimate of drug-likeness (QED) is 0.557. The van der Waals surface area contributed by atoms with Crippen LogP contribution in [0.25, 0.3) is 6.08 Å². The molecule has 7 nitrogen and oxygen atoms in total. The molecule has 0 saturated heterocycles. The lowest BCUT2D eigenvalue weighted by molar-refractivity contribution is -0.384. The minimum Gasteiger partial charge on any atom is -0.493 e. The molecule has 2 aromatic rings. The molecule has 0 amide bonds. The Labute approximate surface area is 149 Å². The van der Waals surface area contributed by atoms with Gasteiger partial charge in [0.05, 0.1) is 29.1 Å². The number of hydrogen-bond donors (Lipinski definition) is 0. The molecule has 0 radical (unpaired) electrons. The van der Waals surface area contributed by atoms with Crippen LogP contribution >= 0.6 is 11.6 Å². The van der Waals surface area contributed by atoms with Crippen LogP contribution < -0.4 is 9.47 Å². The van der Waals surface area contributed by atoms with Crippen LogP contribution in [-0.4, -0.2) is 27.6 Å². The second kappa shape index (κ2) is 7.54. The van der Waals surface area contributed by atoms with E-state index >= 15 is 0 Å². The lowest BCUT2D eigenvalue weighted by atomic mass is 10.2. The molecule has 0 spiro atoms. The lowest BCUT2D eigenvalue weighted by Crippen LogP contribution is -1.97. The monoisotopic (exact) mass is 383 g/mol. The minimum atomic E-state index is -3.77. The van der Waals surface area contributed by atoms with E-state index in [4.69, 9.17) is 21.1 Å². The highest BCUT2D eigenvalue weighted by atomic mass is 35.5. The van der Waals surface area contributed by atoms with Gasteiger partial charge in [0.25, 0.3) is 5.69 Å². The molecule has 0 atom stereocenters. The molecule has 132 valence electrons. The average Bonchev–Trinajstić information content (AvgIpc) is 2.59. The molecular formula is C16H14ClNO6S. The van der Waals surface area contributed by atoms with Crippen molar-refractivity contribution < 1.29 is 22.8 Å². The SMILES string of the molecule is COc1cc(C=CS(=O)(=O)c2ccc([N+](=O)[O-])cc2)cc(Cl)c1OC. The van der Waals surface area contributed by atoms with E-state index in [2.05, 4.69) is 0 Å². The summed E-state index contributed by atoms with van der Waals surface area (Å²) in [6.07, 6.45) is 1.35. The van der Waals surface area contributed by atoms with E-state index in [1.165, 1.54) is 38.5 Å². The zero-order valence-corrected chi connectivity index (χ0v) is 14.9. The van der Waals surface area contributed by atoms with Gasteiger partial charge in [0.1, 0.15) is 0 Å². The van der Waals surface area contributed by atoms with Gasteiger partial charge in [-0.3, -0.25) is 10.1 Å². The van der Waals surface area contributed by atoms with Gasteiger partial charge in [0.15, 0.2) is 21.3 Å². The average molecular weight is 384 g/mol. The van der Waals surface area contributed by atoms with Crippen molar-refractivity contribution in [2.45, 2.75) is 4.90 Å². The van der Waals surface area contributed by atoms with Crippen molar-refractivity contribution in [2.24, 2.45) is 0 Å². The molecule has 2 rings (SSSR count). The number of hydrogen-bond acceptors (Lipinski definition) is 6. The van der Waals surface area contributed by atoms with Gasteiger partial charge in [0, 0.05) is 17.5 Å². The Bertz CT molecular complexity index is 922. The van der Waals surface area contributed by atoms with E-state index in [-0.39, 0.29) is 15.6 Å². The second-order valence-corrected chi connectivity index (χ2v) is 7.08. The fourth-order valence-electron chi connectivity index (χ4n) is 2.04. The summed E-state index contributed by atoms with van der Waals surface area (Å²) >= 11 is 6.08. The van der Waals surface area contributed by atoms with Crippen molar-refractivity contribution in [1.82, 2.24) is 0 Å². The van der Waals surface area contributed by atoms with E-state index in [9.17, 15) is 18.5 Å². The number of sulfone groups is 1. The summed E-state index contributed by atoms with van der Waals surface area (Å²) in [6.45, 7) is 0. The topological polar surface area (TPSA) is 95.7 Å². The molecule has 0 N–H and O–H groups in total. The van der Waals surface area contributed by atoms with Crippen molar-refractivity contribution >= 4 is 33.2 Å². The Kier molecular flexibility index (Phi) is 5.66. The van der Waals surface area contributed by atoms with Gasteiger partial charge in [-0.05, 0) is 35.9 Å². The number of ether oxygens (including phenoxy) is 2. The Hall–Kier alpha value is -2.58. The van der Waals surface area contributed by atoms with Gasteiger partial charge in [-0.2, -0.15) is 0 Å². The normalized spacial score (nSPS) is 11.5. The number of nitrogens with zero attached hydrogens (tertiary/aromatic N) is 1. The molecule has 2 aromatic carbocycles. The standard InChI is InChI=1S/C16H14ClNO6S/c1-23-15-10-11(9-14(17)16(15)24-2)7-8-25(21,22)13-5-3-12(4-6-13)18(19)20/h3-10H,1-2H3. The van der Waals surface area contributed by atoms with Gasteiger partial charge >= 0.3 is 0 Å². The molecule has 0 aliphatic carbocycles. The zero-order valence-electron chi connectivity index (χ0n) is 13.3. The van der Waals surface area contributed by atoms with Crippen molar-refractivity contribution in [2.75, 3.05) is 14.2 Å². The van der Waals surface area contributed by atoms with Crippen molar-refractivity contribution in [3.63, 3.8) is 0 Å². The van der Waals surface area contributed by atoms with Gasteiger partial charge in [-0.1, -0.05) is 11.6 Å². The molecule has 0 fully saturated rings. The third-order valence-electron chi connectivity index (χ3n) is 3.27. The predicted molar refractivity (Wildman–Crippen MR) is 93.9 cm³/mol. The summed E-state index contributed by atoms with van der Waals surface area (Å²) in [5, 5.41) is 11.9. The summed E-state index contributed by atoms with van der Waals surface area (Å²) in [5.74, 6) is 0.710. The van der Waals surface area contributed by atoms with Crippen LogP contribution in [0.3, 0.4) is 0 Å². The molecule has 0 aromatic heterocycles. The first kappa shape index (κ1) is 18.8. The Morgan fingerprint density at radius 2 is 1.76 bits per heavy atom. The Balaban J connectivity index is 2.34. The molecule has 9 heteroatoms. The van der Waals surface area contributed by atoms with Crippen LogP contribution in [0.1, 0.15) is 5.56 Å². The van der Waals surface area contributed by atoms with Gasteiger partial charge in [0.2, 0.25) is 0 Å². The first-order chi connectivity index (χ1) is 11.8. The number of non-ortho nitro benzene ring substituents is 1. The third kappa shape index (κ3) is 4.28. The highest BCUT2D eigenvalue weighted by Gasteiger charge is 2.14. The van der Waals surface area contributed by atoms with Gasteiger partial charge < -0.3 is 9.47 Å². The molecule has 0 bridgehead atoms. The number of benzene rings is 2. The van der Waals surface area contributed by atoms with Crippen LogP contribution in [0.15, 0.2) is 46.7 Å². The number of halogens is 1. The largest absolute Gasteiger partial charge is 0.493 e. The van der Waals surface area contributed by atoms with Crippen molar-refractivity contribution in [1.29, 1.82) is 0 Å². The number of nitro groups is 1. The van der Waals surface area contributed by atoms with Crippen molar-refractivity contribution in [3.05, 3.63) is 62.5 Å². The summed E-state index contributed by atoms with van der Waals surface area (Å²) in [7, 11) is -0.885. The van der Waals surface area contributed by atoms with E-state index in [0.29, 0.717) is 17.1 Å². The van der Waals surface area contributed by atoms with E-state index < -0.39 is 14.8 Å². The molecule has 0 unspecified atom stereocenters. The smallest absolute Gasteiger partial charge is 0.269 e. The van der Waals surface area contributed by atoms with Crippen LogP contribution in [0.4, 0.5) is 5.69 Å². The van der Waals surface area contributed by atoms with E-state index in [1.54, 1.807) is 6.07 Å². The maximum Gasteiger partial charge on any atom is 0.269 e. The molecular weight excluding hydrogens is 370 g/mol. The summed E-state index contributed by atoms with van der Waals surface area (Å²) in [4.78, 5) is 9.97. The van der Waals surface area contributed by atoms with E-state index in [0.717, 1.165) is 17.5 Å². The Morgan fingerprint density at radius 3 is 2.28 bits per heavy atom. The zero-order chi connectivity index (χ0) is 18.6. The van der Waals surface area contributed by atoms with Gasteiger partial charge in [-0.25, -0.2) is 8.42 Å². The second-order valence-electron chi connectivity index (χ2n) is 4.84. The van der Waals surface area contributed by atoms with Crippen LogP contribution in [0, 0.1) is 10.1 Å². The fourth-order valence-corrected chi connectivity index (χ4v) is 3.34. The number of rotatable bonds is 6. The highest BCUT2D eigenvalue weighted by Crippen LogP contribution is 2.36. The molecule has 0 aliphatic heterocycles. The first-order valence-electron chi connectivity index (χ1n) is 6.87. The molecule has 0 saturated carbocycles. The first-order valence-corrected chi connectivity index (χ1v) is 8.80. The van der Waals surface area contributed by atoms with Crippen LogP contribution in [-0.2, 0) is 9.84 Å². The Morgan fingerprint density at radius 1 is 1.12 bits per heavy atom. The van der Waals surface area contributed by atoms with Crippen LogP contribution in [0.5, 0.6) is 11.5 Å². The van der Waals surface area contributed by atoms with Gasteiger partial charge in [-0.15, -0.1) is 0 Å². The maximum atomic E-state index is 12.3. The molecule has 0 heterocycles. The summed E-state index contributed by atoms with van der Waals surface area (Å²) in [5.41, 5.74) is 0.308. The minimum absolute atomic E-state index is 0.0547. The van der Waals surface area contributed by atoms with Crippen molar-refractivity contribution in [3.8, 4) is 11.5 Å². The fraction of sp³-hybridized carbons (Fsp3) is 0.125.